The fourth-order valence-electron chi connectivity index (χ4n) is 1.52. The Morgan fingerprint density at radius 3 is 3.11 bits per heavy atom. The van der Waals surface area contributed by atoms with Gasteiger partial charge in [0, 0.05) is 24.6 Å². The van der Waals surface area contributed by atoms with E-state index in [4.69, 9.17) is 15.3 Å². The minimum absolute atomic E-state index is 0.257. The zero-order chi connectivity index (χ0) is 12.8. The Balaban J connectivity index is 1.81. The van der Waals surface area contributed by atoms with Gasteiger partial charge in [-0.2, -0.15) is 16.7 Å². The number of anilines is 2. The van der Waals surface area contributed by atoms with E-state index in [-0.39, 0.29) is 6.61 Å². The topological polar surface area (TPSA) is 84.3 Å². The molecule has 0 spiro atoms. The number of nitrogens with zero attached hydrogens (tertiary/aromatic N) is 1. The van der Waals surface area contributed by atoms with Gasteiger partial charge in [0.05, 0.1) is 0 Å². The Morgan fingerprint density at radius 1 is 1.39 bits per heavy atom. The third kappa shape index (κ3) is 3.54. The Bertz CT molecular complexity index is 501. The summed E-state index contributed by atoms with van der Waals surface area (Å²) in [7, 11) is 0. The van der Waals surface area contributed by atoms with Crippen LogP contribution in [-0.2, 0) is 0 Å². The van der Waals surface area contributed by atoms with Gasteiger partial charge < -0.3 is 20.6 Å². The number of aliphatic hydroxyl groups is 1. The molecule has 6 heteroatoms. The highest BCUT2D eigenvalue weighted by molar-refractivity contribution is 7.99. The summed E-state index contributed by atoms with van der Waals surface area (Å²) in [5.41, 5.74) is 7.86. The number of rotatable bonds is 7. The third-order valence-corrected chi connectivity index (χ3v) is 3.45. The first-order chi connectivity index (χ1) is 8.79. The molecule has 18 heavy (non-hydrogen) atoms. The van der Waals surface area contributed by atoms with Crippen molar-refractivity contribution in [1.29, 1.82) is 0 Å². The monoisotopic (exact) mass is 267 g/mol. The van der Waals surface area contributed by atoms with Crippen molar-refractivity contribution in [3.63, 3.8) is 0 Å². The maximum Gasteiger partial charge on any atom is 0.295 e. The lowest BCUT2D eigenvalue weighted by molar-refractivity contribution is 0.296. The molecule has 1 aromatic heterocycles. The number of benzene rings is 1. The molecule has 0 atom stereocenters. The average molecular weight is 267 g/mol. The Hall–Kier alpha value is -1.40. The van der Waals surface area contributed by atoms with Gasteiger partial charge >= 0.3 is 0 Å². The third-order valence-electron chi connectivity index (χ3n) is 2.38. The Morgan fingerprint density at radius 2 is 2.28 bits per heavy atom. The van der Waals surface area contributed by atoms with E-state index >= 15 is 0 Å². The number of fused-ring (bicyclic) bond motifs is 1. The molecular weight excluding hydrogens is 250 g/mol. The first kappa shape index (κ1) is 13.0. The lowest BCUT2D eigenvalue weighted by Gasteiger charge is -2.00. The molecule has 0 fully saturated rings. The average Bonchev–Trinajstić information content (AvgIpc) is 2.75. The van der Waals surface area contributed by atoms with Crippen molar-refractivity contribution in [2.24, 2.45) is 0 Å². The van der Waals surface area contributed by atoms with Crippen LogP contribution in [0.15, 0.2) is 22.6 Å². The second-order valence-electron chi connectivity index (χ2n) is 3.86. The predicted octanol–water partition coefficient (Wildman–Crippen LogP) is 1.94. The van der Waals surface area contributed by atoms with Crippen molar-refractivity contribution in [3.8, 4) is 0 Å². The van der Waals surface area contributed by atoms with Crippen LogP contribution in [0.4, 0.5) is 11.7 Å². The van der Waals surface area contributed by atoms with E-state index in [1.165, 1.54) is 0 Å². The first-order valence-corrected chi connectivity index (χ1v) is 7.03. The van der Waals surface area contributed by atoms with Gasteiger partial charge in [0.2, 0.25) is 0 Å². The lowest BCUT2D eigenvalue weighted by atomic mass is 10.3. The number of hydrogen-bond acceptors (Lipinski definition) is 6. The molecule has 0 bridgehead atoms. The van der Waals surface area contributed by atoms with E-state index in [1.54, 1.807) is 23.9 Å². The fourth-order valence-corrected chi connectivity index (χ4v) is 2.30. The number of nitrogens with two attached hydrogens (primary N) is 1. The molecule has 0 aliphatic carbocycles. The standard InChI is InChI=1S/C12H17N3O2S/c13-9-2-3-11-10(8-9)15-12(17-11)14-4-7-18-6-1-5-16/h2-3,8,16H,1,4-7,13H2,(H,14,15). The lowest BCUT2D eigenvalue weighted by Crippen LogP contribution is -2.04. The van der Waals surface area contributed by atoms with Crippen LogP contribution >= 0.6 is 11.8 Å². The van der Waals surface area contributed by atoms with Crippen LogP contribution in [0.3, 0.4) is 0 Å². The summed E-state index contributed by atoms with van der Waals surface area (Å²) in [6.45, 7) is 1.05. The highest BCUT2D eigenvalue weighted by atomic mass is 32.2. The Kier molecular flexibility index (Phi) is 4.72. The van der Waals surface area contributed by atoms with Crippen LogP contribution in [0.1, 0.15) is 6.42 Å². The largest absolute Gasteiger partial charge is 0.424 e. The maximum atomic E-state index is 8.64. The molecule has 98 valence electrons. The minimum atomic E-state index is 0.257. The van der Waals surface area contributed by atoms with Crippen LogP contribution in [0, 0.1) is 0 Å². The van der Waals surface area contributed by atoms with Crippen LogP contribution in [-0.4, -0.2) is 34.7 Å². The number of nitrogens with one attached hydrogen (secondary N) is 1. The molecule has 2 aromatic rings. The molecule has 1 aromatic carbocycles. The predicted molar refractivity (Wildman–Crippen MR) is 75.9 cm³/mol. The van der Waals surface area contributed by atoms with E-state index < -0.39 is 0 Å². The zero-order valence-corrected chi connectivity index (χ0v) is 10.9. The van der Waals surface area contributed by atoms with E-state index in [0.717, 1.165) is 35.6 Å². The summed E-state index contributed by atoms with van der Waals surface area (Å²) in [5.74, 6) is 1.93. The number of nitrogen functional groups attached to an aromatic ring is 1. The molecule has 0 amide bonds. The van der Waals surface area contributed by atoms with Crippen molar-refractivity contribution >= 4 is 34.6 Å². The summed E-state index contributed by atoms with van der Waals surface area (Å²) in [5, 5.41) is 11.8. The van der Waals surface area contributed by atoms with Crippen LogP contribution < -0.4 is 11.1 Å². The molecule has 1 heterocycles. The van der Waals surface area contributed by atoms with E-state index in [9.17, 15) is 0 Å². The molecule has 0 aliphatic rings. The van der Waals surface area contributed by atoms with Gasteiger partial charge in [-0.1, -0.05) is 0 Å². The fraction of sp³-hybridized carbons (Fsp3) is 0.417. The molecule has 0 aliphatic heterocycles. The number of aliphatic hydroxyl groups excluding tert-OH is 1. The first-order valence-electron chi connectivity index (χ1n) is 5.88. The normalized spacial score (nSPS) is 10.9. The smallest absolute Gasteiger partial charge is 0.295 e. The number of oxazole rings is 1. The minimum Gasteiger partial charge on any atom is -0.424 e. The zero-order valence-electron chi connectivity index (χ0n) is 10.1. The molecule has 0 saturated carbocycles. The quantitative estimate of drug-likeness (QED) is 0.525. The van der Waals surface area contributed by atoms with Crippen LogP contribution in [0.5, 0.6) is 0 Å². The van der Waals surface area contributed by atoms with Crippen molar-refractivity contribution in [2.75, 3.05) is 35.7 Å². The van der Waals surface area contributed by atoms with E-state index in [2.05, 4.69) is 10.3 Å². The van der Waals surface area contributed by atoms with Gasteiger partial charge in [0.25, 0.3) is 6.01 Å². The van der Waals surface area contributed by atoms with Gasteiger partial charge in [0.15, 0.2) is 5.58 Å². The number of aromatic nitrogens is 1. The summed E-state index contributed by atoms with van der Waals surface area (Å²) in [6.07, 6.45) is 0.840. The second-order valence-corrected chi connectivity index (χ2v) is 5.09. The number of thioether (sulfide) groups is 1. The molecule has 2 rings (SSSR count). The maximum absolute atomic E-state index is 8.64. The van der Waals surface area contributed by atoms with Crippen molar-refractivity contribution in [3.05, 3.63) is 18.2 Å². The van der Waals surface area contributed by atoms with Crippen molar-refractivity contribution in [1.82, 2.24) is 4.98 Å². The van der Waals surface area contributed by atoms with Crippen molar-refractivity contribution in [2.45, 2.75) is 6.42 Å². The van der Waals surface area contributed by atoms with E-state index in [1.807, 2.05) is 6.07 Å². The van der Waals surface area contributed by atoms with E-state index in [0.29, 0.717) is 11.7 Å². The molecule has 0 unspecified atom stereocenters. The summed E-state index contributed by atoms with van der Waals surface area (Å²) >= 11 is 1.79. The molecule has 0 radical (unpaired) electrons. The van der Waals surface area contributed by atoms with Crippen LogP contribution in [0.2, 0.25) is 0 Å². The summed E-state index contributed by atoms with van der Waals surface area (Å²) < 4.78 is 5.52. The molecular formula is C12H17N3O2S. The second kappa shape index (κ2) is 6.51. The van der Waals surface area contributed by atoms with Gasteiger partial charge in [-0.05, 0) is 30.4 Å². The summed E-state index contributed by atoms with van der Waals surface area (Å²) in [4.78, 5) is 4.30. The van der Waals surface area contributed by atoms with Gasteiger partial charge in [0.1, 0.15) is 5.52 Å². The van der Waals surface area contributed by atoms with Crippen molar-refractivity contribution < 1.29 is 9.52 Å². The van der Waals surface area contributed by atoms with Gasteiger partial charge in [-0.3, -0.25) is 0 Å². The highest BCUT2D eigenvalue weighted by Gasteiger charge is 2.04. The molecule has 0 saturated heterocycles. The molecule has 5 nitrogen and oxygen atoms in total. The summed E-state index contributed by atoms with van der Waals surface area (Å²) in [6, 6.07) is 5.93. The molecule has 4 N–H and O–H groups in total. The van der Waals surface area contributed by atoms with Gasteiger partial charge in [-0.25, -0.2) is 0 Å². The highest BCUT2D eigenvalue weighted by Crippen LogP contribution is 2.20. The SMILES string of the molecule is Nc1ccc2oc(NCCSCCCO)nc2c1. The van der Waals surface area contributed by atoms with Gasteiger partial charge in [-0.15, -0.1) is 0 Å². The number of hydrogen-bond donors (Lipinski definition) is 3. The van der Waals surface area contributed by atoms with Crippen LogP contribution in [0.25, 0.3) is 11.1 Å². The Labute approximate surface area is 110 Å².